The number of carbonyl (C=O) groups is 2. The van der Waals surface area contributed by atoms with Gasteiger partial charge < -0.3 is 10.3 Å². The molecule has 17 heavy (non-hydrogen) atoms. The molecule has 0 bridgehead atoms. The number of rotatable bonds is 1. The number of halogens is 1. The molecule has 1 aromatic carbocycles. The number of fused-ring (bicyclic) bond motifs is 1. The Labute approximate surface area is 95.0 Å². The molecular weight excluding hydrogens is 225 g/mol. The van der Waals surface area contributed by atoms with Crippen molar-refractivity contribution < 1.29 is 14.0 Å². The number of amides is 3. The smallest absolute Gasteiger partial charge is 0.322 e. The van der Waals surface area contributed by atoms with Gasteiger partial charge in [-0.25, -0.2) is 9.18 Å². The van der Waals surface area contributed by atoms with Gasteiger partial charge in [-0.3, -0.25) is 10.1 Å². The molecule has 1 fully saturated rings. The first kappa shape index (κ1) is 9.83. The quantitative estimate of drug-likeness (QED) is 0.647. The Hall–Kier alpha value is -2.37. The number of hydrogen-bond acceptors (Lipinski definition) is 2. The van der Waals surface area contributed by atoms with Gasteiger partial charge in [-0.2, -0.15) is 0 Å². The van der Waals surface area contributed by atoms with E-state index in [1.165, 1.54) is 12.1 Å². The first-order chi connectivity index (χ1) is 8.15. The van der Waals surface area contributed by atoms with Crippen LogP contribution in [-0.4, -0.2) is 16.9 Å². The van der Waals surface area contributed by atoms with Crippen LogP contribution in [0.15, 0.2) is 24.4 Å². The highest BCUT2D eigenvalue weighted by Crippen LogP contribution is 2.26. The number of urea groups is 1. The van der Waals surface area contributed by atoms with Crippen LogP contribution in [0.5, 0.6) is 0 Å². The fourth-order valence-electron chi connectivity index (χ4n) is 1.99. The molecule has 2 aromatic rings. The van der Waals surface area contributed by atoms with Crippen LogP contribution in [0.4, 0.5) is 9.18 Å². The molecule has 0 saturated carbocycles. The maximum atomic E-state index is 13.2. The molecule has 0 aliphatic carbocycles. The standard InChI is InChI=1S/C11H8FN3O2/c12-5-1-2-8-6(3-5)7(4-13-8)9-10(16)15-11(17)14-9/h1-4,9,13H,(H2,14,15,16,17)/t9-/m1/s1. The molecule has 3 N–H and O–H groups in total. The number of benzene rings is 1. The van der Waals surface area contributed by atoms with Gasteiger partial charge in [0.1, 0.15) is 11.9 Å². The van der Waals surface area contributed by atoms with Crippen molar-refractivity contribution in [1.82, 2.24) is 15.6 Å². The third-order valence-electron chi connectivity index (χ3n) is 2.76. The van der Waals surface area contributed by atoms with Gasteiger partial charge in [0.2, 0.25) is 0 Å². The lowest BCUT2D eigenvalue weighted by atomic mass is 10.1. The van der Waals surface area contributed by atoms with Gasteiger partial charge in [-0.15, -0.1) is 0 Å². The summed E-state index contributed by atoms with van der Waals surface area (Å²) in [6, 6.07) is 2.95. The fourth-order valence-corrected chi connectivity index (χ4v) is 1.99. The monoisotopic (exact) mass is 233 g/mol. The Kier molecular flexibility index (Phi) is 1.91. The zero-order chi connectivity index (χ0) is 12.0. The number of aromatic amines is 1. The summed E-state index contributed by atoms with van der Waals surface area (Å²) in [5.74, 6) is -0.816. The number of H-pyrrole nitrogens is 1. The van der Waals surface area contributed by atoms with Gasteiger partial charge in [-0.1, -0.05) is 0 Å². The maximum absolute atomic E-state index is 13.2. The lowest BCUT2D eigenvalue weighted by molar-refractivity contribution is -0.120. The third kappa shape index (κ3) is 1.45. The molecule has 6 heteroatoms. The zero-order valence-electron chi connectivity index (χ0n) is 8.58. The second kappa shape index (κ2) is 3.31. The summed E-state index contributed by atoms with van der Waals surface area (Å²) in [7, 11) is 0. The van der Waals surface area contributed by atoms with E-state index in [-0.39, 0.29) is 5.82 Å². The summed E-state index contributed by atoms with van der Waals surface area (Å²) in [4.78, 5) is 25.5. The van der Waals surface area contributed by atoms with E-state index in [1.807, 2.05) is 0 Å². The molecular formula is C11H8FN3O2. The van der Waals surface area contributed by atoms with Crippen LogP contribution in [0, 0.1) is 5.82 Å². The molecule has 5 nitrogen and oxygen atoms in total. The van der Waals surface area contributed by atoms with Crippen LogP contribution in [0.2, 0.25) is 0 Å². The van der Waals surface area contributed by atoms with Gasteiger partial charge in [0.05, 0.1) is 0 Å². The Bertz CT molecular complexity index is 635. The molecule has 1 aliphatic rings. The van der Waals surface area contributed by atoms with E-state index < -0.39 is 18.0 Å². The SMILES string of the molecule is O=C1NC(=O)[C@@H](c2c[nH]c3ccc(F)cc23)N1. The Morgan fingerprint density at radius 1 is 1.24 bits per heavy atom. The van der Waals surface area contributed by atoms with E-state index in [9.17, 15) is 14.0 Å². The van der Waals surface area contributed by atoms with Crippen molar-refractivity contribution in [2.24, 2.45) is 0 Å². The number of carbonyl (C=O) groups excluding carboxylic acids is 2. The van der Waals surface area contributed by atoms with E-state index in [1.54, 1.807) is 12.3 Å². The largest absolute Gasteiger partial charge is 0.361 e. The second-order valence-electron chi connectivity index (χ2n) is 3.83. The molecule has 1 atom stereocenters. The summed E-state index contributed by atoms with van der Waals surface area (Å²) in [6.07, 6.45) is 1.60. The van der Waals surface area contributed by atoms with Crippen LogP contribution < -0.4 is 10.6 Å². The molecule has 0 radical (unpaired) electrons. The summed E-state index contributed by atoms with van der Waals surface area (Å²) in [5, 5.41) is 5.20. The van der Waals surface area contributed by atoms with Crippen molar-refractivity contribution >= 4 is 22.8 Å². The summed E-state index contributed by atoms with van der Waals surface area (Å²) in [6.45, 7) is 0. The average molecular weight is 233 g/mol. The predicted octanol–water partition coefficient (Wildman–Crippen LogP) is 1.19. The minimum atomic E-state index is -0.766. The van der Waals surface area contributed by atoms with Crippen molar-refractivity contribution in [2.75, 3.05) is 0 Å². The van der Waals surface area contributed by atoms with Gasteiger partial charge >= 0.3 is 6.03 Å². The van der Waals surface area contributed by atoms with Crippen LogP contribution in [-0.2, 0) is 4.79 Å². The predicted molar refractivity (Wildman–Crippen MR) is 57.7 cm³/mol. The normalized spacial score (nSPS) is 19.5. The fraction of sp³-hybridized carbons (Fsp3) is 0.0909. The molecule has 3 rings (SSSR count). The summed E-state index contributed by atoms with van der Waals surface area (Å²) in [5.41, 5.74) is 1.28. The first-order valence-electron chi connectivity index (χ1n) is 5.03. The Morgan fingerprint density at radius 3 is 2.76 bits per heavy atom. The zero-order valence-corrected chi connectivity index (χ0v) is 8.58. The van der Waals surface area contributed by atoms with E-state index in [0.717, 1.165) is 5.52 Å². The summed E-state index contributed by atoms with van der Waals surface area (Å²) < 4.78 is 13.2. The van der Waals surface area contributed by atoms with Crippen LogP contribution in [0.25, 0.3) is 10.9 Å². The topological polar surface area (TPSA) is 74.0 Å². The van der Waals surface area contributed by atoms with E-state index >= 15 is 0 Å². The van der Waals surface area contributed by atoms with Crippen molar-refractivity contribution in [3.63, 3.8) is 0 Å². The minimum absolute atomic E-state index is 0.386. The minimum Gasteiger partial charge on any atom is -0.361 e. The van der Waals surface area contributed by atoms with Crippen molar-refractivity contribution in [3.8, 4) is 0 Å². The lowest BCUT2D eigenvalue weighted by Gasteiger charge is -2.05. The van der Waals surface area contributed by atoms with Gasteiger partial charge in [0.25, 0.3) is 5.91 Å². The highest BCUT2D eigenvalue weighted by atomic mass is 19.1. The van der Waals surface area contributed by atoms with Gasteiger partial charge in [-0.05, 0) is 18.2 Å². The number of nitrogens with one attached hydrogen (secondary N) is 3. The van der Waals surface area contributed by atoms with Crippen LogP contribution in [0.1, 0.15) is 11.6 Å². The Balaban J connectivity index is 2.14. The first-order valence-corrected chi connectivity index (χ1v) is 5.03. The average Bonchev–Trinajstić information content (AvgIpc) is 2.81. The Morgan fingerprint density at radius 2 is 2.06 bits per heavy atom. The molecule has 0 spiro atoms. The maximum Gasteiger partial charge on any atom is 0.322 e. The van der Waals surface area contributed by atoms with Crippen LogP contribution >= 0.6 is 0 Å². The molecule has 1 saturated heterocycles. The molecule has 3 amide bonds. The van der Waals surface area contributed by atoms with E-state index in [4.69, 9.17) is 0 Å². The number of aromatic nitrogens is 1. The van der Waals surface area contributed by atoms with E-state index in [2.05, 4.69) is 15.6 Å². The molecule has 1 aliphatic heterocycles. The van der Waals surface area contributed by atoms with Crippen molar-refractivity contribution in [1.29, 1.82) is 0 Å². The highest BCUT2D eigenvalue weighted by Gasteiger charge is 2.32. The lowest BCUT2D eigenvalue weighted by Crippen LogP contribution is -2.22. The molecule has 1 aromatic heterocycles. The number of imide groups is 1. The second-order valence-corrected chi connectivity index (χ2v) is 3.83. The molecule has 2 heterocycles. The summed E-state index contributed by atoms with van der Waals surface area (Å²) >= 11 is 0. The van der Waals surface area contributed by atoms with Gasteiger partial charge in [0.15, 0.2) is 0 Å². The van der Waals surface area contributed by atoms with Crippen LogP contribution in [0.3, 0.4) is 0 Å². The van der Waals surface area contributed by atoms with Crippen molar-refractivity contribution in [3.05, 3.63) is 35.8 Å². The van der Waals surface area contributed by atoms with E-state index in [0.29, 0.717) is 10.9 Å². The highest BCUT2D eigenvalue weighted by molar-refractivity contribution is 6.06. The molecule has 86 valence electrons. The number of hydrogen-bond donors (Lipinski definition) is 3. The van der Waals surface area contributed by atoms with Gasteiger partial charge in [0, 0.05) is 22.7 Å². The van der Waals surface area contributed by atoms with Crippen molar-refractivity contribution in [2.45, 2.75) is 6.04 Å². The molecule has 0 unspecified atom stereocenters. The third-order valence-corrected chi connectivity index (χ3v) is 2.76.